The third-order valence-electron chi connectivity index (χ3n) is 5.41. The van der Waals surface area contributed by atoms with Crippen LogP contribution in [0.5, 0.6) is 0 Å². The van der Waals surface area contributed by atoms with Crippen molar-refractivity contribution in [1.82, 2.24) is 19.4 Å². The van der Waals surface area contributed by atoms with Gasteiger partial charge in [-0.25, -0.2) is 4.98 Å². The van der Waals surface area contributed by atoms with E-state index in [-0.39, 0.29) is 17.2 Å². The van der Waals surface area contributed by atoms with E-state index in [9.17, 15) is 9.59 Å². The van der Waals surface area contributed by atoms with E-state index in [1.165, 1.54) is 0 Å². The second-order valence-electron chi connectivity index (χ2n) is 6.82. The highest BCUT2D eigenvalue weighted by Gasteiger charge is 2.47. The first-order valence-corrected chi connectivity index (χ1v) is 8.62. The summed E-state index contributed by atoms with van der Waals surface area (Å²) < 4.78 is 6.84. The SMILES string of the molecule is COCCN1CCC2(CCCN(C(=O)c3nccn3C)CC2)C1=O. The van der Waals surface area contributed by atoms with E-state index >= 15 is 0 Å². The molecule has 0 N–H and O–H groups in total. The first-order chi connectivity index (χ1) is 11.6. The minimum absolute atomic E-state index is 0.0405. The lowest BCUT2D eigenvalue weighted by molar-refractivity contribution is -0.137. The highest BCUT2D eigenvalue weighted by Crippen LogP contribution is 2.41. The number of hydrogen-bond donors (Lipinski definition) is 0. The van der Waals surface area contributed by atoms with Crippen LogP contribution < -0.4 is 0 Å². The van der Waals surface area contributed by atoms with Crippen molar-refractivity contribution < 1.29 is 14.3 Å². The normalized spacial score (nSPS) is 24.7. The molecule has 24 heavy (non-hydrogen) atoms. The van der Waals surface area contributed by atoms with Crippen molar-refractivity contribution in [1.29, 1.82) is 0 Å². The lowest BCUT2D eigenvalue weighted by Gasteiger charge is -2.26. The first kappa shape index (κ1) is 17.0. The average Bonchev–Trinajstić information content (AvgIpc) is 3.04. The molecule has 2 amide bonds. The van der Waals surface area contributed by atoms with Gasteiger partial charge in [-0.15, -0.1) is 0 Å². The molecule has 3 rings (SSSR count). The van der Waals surface area contributed by atoms with Crippen molar-refractivity contribution in [2.24, 2.45) is 12.5 Å². The van der Waals surface area contributed by atoms with Crippen LogP contribution in [0.1, 0.15) is 36.3 Å². The number of ether oxygens (including phenoxy) is 1. The van der Waals surface area contributed by atoms with Gasteiger partial charge in [0.2, 0.25) is 5.91 Å². The summed E-state index contributed by atoms with van der Waals surface area (Å²) >= 11 is 0. The molecule has 2 aliphatic rings. The van der Waals surface area contributed by atoms with E-state index in [4.69, 9.17) is 4.74 Å². The lowest BCUT2D eigenvalue weighted by Crippen LogP contribution is -2.38. The van der Waals surface area contributed by atoms with Crippen LogP contribution in [0.4, 0.5) is 0 Å². The van der Waals surface area contributed by atoms with Gasteiger partial charge in [-0.1, -0.05) is 0 Å². The Balaban J connectivity index is 1.66. The van der Waals surface area contributed by atoms with Gasteiger partial charge in [0.15, 0.2) is 5.82 Å². The molecule has 7 nitrogen and oxygen atoms in total. The van der Waals surface area contributed by atoms with Crippen LogP contribution in [-0.2, 0) is 16.6 Å². The van der Waals surface area contributed by atoms with Crippen molar-refractivity contribution >= 4 is 11.8 Å². The number of carbonyl (C=O) groups excluding carboxylic acids is 2. The molecule has 1 spiro atoms. The molecule has 1 aromatic heterocycles. The molecule has 2 aliphatic heterocycles. The summed E-state index contributed by atoms with van der Waals surface area (Å²) in [4.78, 5) is 33.4. The monoisotopic (exact) mass is 334 g/mol. The van der Waals surface area contributed by atoms with Crippen LogP contribution in [0, 0.1) is 5.41 Å². The van der Waals surface area contributed by atoms with Gasteiger partial charge in [0.05, 0.1) is 12.0 Å². The molecule has 0 aromatic carbocycles. The minimum Gasteiger partial charge on any atom is -0.383 e. The van der Waals surface area contributed by atoms with Gasteiger partial charge in [0, 0.05) is 52.7 Å². The summed E-state index contributed by atoms with van der Waals surface area (Å²) in [7, 11) is 3.48. The highest BCUT2D eigenvalue weighted by molar-refractivity contribution is 5.91. The summed E-state index contributed by atoms with van der Waals surface area (Å²) in [6, 6.07) is 0. The number of aryl methyl sites for hydroxylation is 1. The summed E-state index contributed by atoms with van der Waals surface area (Å²) in [5.41, 5.74) is -0.287. The number of nitrogens with zero attached hydrogens (tertiary/aromatic N) is 4. The maximum absolute atomic E-state index is 12.9. The molecule has 1 aromatic rings. The fraction of sp³-hybridized carbons (Fsp3) is 0.706. The van der Waals surface area contributed by atoms with E-state index in [0.29, 0.717) is 32.1 Å². The summed E-state index contributed by atoms with van der Waals surface area (Å²) in [5, 5.41) is 0. The smallest absolute Gasteiger partial charge is 0.289 e. The lowest BCUT2D eigenvalue weighted by atomic mass is 9.79. The second kappa shape index (κ2) is 6.93. The summed E-state index contributed by atoms with van der Waals surface area (Å²) in [6.45, 7) is 3.35. The molecule has 0 bridgehead atoms. The fourth-order valence-corrected chi connectivity index (χ4v) is 3.88. The van der Waals surface area contributed by atoms with Gasteiger partial charge in [0.25, 0.3) is 5.91 Å². The maximum atomic E-state index is 12.9. The molecule has 1 atom stereocenters. The molecule has 0 saturated carbocycles. The Morgan fingerprint density at radius 2 is 2.08 bits per heavy atom. The molecule has 132 valence electrons. The number of hydrogen-bond acceptors (Lipinski definition) is 4. The van der Waals surface area contributed by atoms with Crippen molar-refractivity contribution in [2.45, 2.75) is 25.7 Å². The summed E-state index contributed by atoms with van der Waals surface area (Å²) in [5.74, 6) is 0.664. The van der Waals surface area contributed by atoms with Crippen molar-refractivity contribution in [3.63, 3.8) is 0 Å². The number of rotatable bonds is 4. The van der Waals surface area contributed by atoms with Gasteiger partial charge in [-0.2, -0.15) is 0 Å². The van der Waals surface area contributed by atoms with Crippen LogP contribution in [0.25, 0.3) is 0 Å². The second-order valence-corrected chi connectivity index (χ2v) is 6.82. The Kier molecular flexibility index (Phi) is 4.89. The molecule has 3 heterocycles. The quantitative estimate of drug-likeness (QED) is 0.821. The number of aromatic nitrogens is 2. The zero-order valence-corrected chi connectivity index (χ0v) is 14.5. The Labute approximate surface area is 142 Å². The molecular formula is C17H26N4O3. The number of amides is 2. The van der Waals surface area contributed by atoms with Gasteiger partial charge in [-0.05, 0) is 25.7 Å². The Morgan fingerprint density at radius 1 is 1.29 bits per heavy atom. The van der Waals surface area contributed by atoms with Gasteiger partial charge in [-0.3, -0.25) is 9.59 Å². The van der Waals surface area contributed by atoms with Gasteiger partial charge >= 0.3 is 0 Å². The van der Waals surface area contributed by atoms with Gasteiger partial charge < -0.3 is 19.1 Å². The third kappa shape index (κ3) is 3.05. The number of imidazole rings is 1. The predicted octanol–water partition coefficient (Wildman–Crippen LogP) is 0.911. The van der Waals surface area contributed by atoms with E-state index < -0.39 is 0 Å². The van der Waals surface area contributed by atoms with E-state index in [2.05, 4.69) is 4.98 Å². The molecular weight excluding hydrogens is 308 g/mol. The minimum atomic E-state index is -0.287. The highest BCUT2D eigenvalue weighted by atomic mass is 16.5. The Morgan fingerprint density at radius 3 is 2.79 bits per heavy atom. The van der Waals surface area contributed by atoms with E-state index in [0.717, 1.165) is 32.2 Å². The Bertz CT molecular complexity index is 615. The maximum Gasteiger partial charge on any atom is 0.289 e. The van der Waals surface area contributed by atoms with E-state index in [1.54, 1.807) is 24.1 Å². The topological polar surface area (TPSA) is 67.7 Å². The van der Waals surface area contributed by atoms with Crippen molar-refractivity contribution in [3.05, 3.63) is 18.2 Å². The predicted molar refractivity (Wildman–Crippen MR) is 88.5 cm³/mol. The zero-order valence-electron chi connectivity index (χ0n) is 14.5. The van der Waals surface area contributed by atoms with E-state index in [1.807, 2.05) is 16.8 Å². The van der Waals surface area contributed by atoms with Crippen LogP contribution in [-0.4, -0.2) is 71.1 Å². The molecule has 7 heteroatoms. The summed E-state index contributed by atoms with van der Waals surface area (Å²) in [6.07, 6.45) is 6.77. The molecule has 0 radical (unpaired) electrons. The van der Waals surface area contributed by atoms with Crippen molar-refractivity contribution in [2.75, 3.05) is 39.9 Å². The molecule has 2 fully saturated rings. The van der Waals surface area contributed by atoms with Crippen LogP contribution in [0.2, 0.25) is 0 Å². The molecule has 1 unspecified atom stereocenters. The molecule has 2 saturated heterocycles. The number of methoxy groups -OCH3 is 1. The molecule has 0 aliphatic carbocycles. The zero-order chi connectivity index (χ0) is 17.2. The van der Waals surface area contributed by atoms with Crippen LogP contribution in [0.15, 0.2) is 12.4 Å². The largest absolute Gasteiger partial charge is 0.383 e. The average molecular weight is 334 g/mol. The number of carbonyl (C=O) groups is 2. The number of likely N-dealkylation sites (tertiary alicyclic amines) is 2. The van der Waals surface area contributed by atoms with Crippen LogP contribution >= 0.6 is 0 Å². The van der Waals surface area contributed by atoms with Gasteiger partial charge in [0.1, 0.15) is 0 Å². The van der Waals surface area contributed by atoms with Crippen LogP contribution in [0.3, 0.4) is 0 Å². The fourth-order valence-electron chi connectivity index (χ4n) is 3.88. The van der Waals surface area contributed by atoms with Crippen molar-refractivity contribution in [3.8, 4) is 0 Å². The third-order valence-corrected chi connectivity index (χ3v) is 5.41. The standard InChI is InChI=1S/C17H26N4O3/c1-19-11-7-18-14(19)15(22)20-8-3-4-17(5-9-20)6-10-21(16(17)23)12-13-24-2/h7,11H,3-6,8-10,12-13H2,1-2H3. The first-order valence-electron chi connectivity index (χ1n) is 8.62. The Hall–Kier alpha value is -1.89.